The maximum Gasteiger partial charge on any atom is 0.243 e. The van der Waals surface area contributed by atoms with Crippen molar-refractivity contribution in [3.05, 3.63) is 70.8 Å². The molecule has 0 saturated carbocycles. The van der Waals surface area contributed by atoms with E-state index in [0.29, 0.717) is 11.4 Å². The third-order valence-electron chi connectivity index (χ3n) is 4.55. The Morgan fingerprint density at radius 1 is 1.11 bits per heavy atom. The van der Waals surface area contributed by atoms with Crippen molar-refractivity contribution in [1.29, 1.82) is 0 Å². The molecule has 152 valence electrons. The number of rotatable bonds is 9. The molecule has 0 amide bonds. The fraction of sp³-hybridized carbons (Fsp3) is 0.364. The van der Waals surface area contributed by atoms with Crippen LogP contribution in [0.3, 0.4) is 0 Å². The van der Waals surface area contributed by atoms with E-state index in [1.807, 2.05) is 57.2 Å². The molecular formula is C22H28ClNO3S. The highest BCUT2D eigenvalue weighted by molar-refractivity contribution is 7.89. The molecule has 0 saturated heterocycles. The average molecular weight is 422 g/mol. The molecule has 6 heteroatoms. The van der Waals surface area contributed by atoms with Gasteiger partial charge in [0.15, 0.2) is 0 Å². The predicted octanol–water partition coefficient (Wildman–Crippen LogP) is 4.76. The zero-order chi connectivity index (χ0) is 20.7. The summed E-state index contributed by atoms with van der Waals surface area (Å²) in [5.41, 5.74) is 2.16. The maximum atomic E-state index is 13.3. The molecule has 0 radical (unpaired) electrons. The number of hydrogen-bond donors (Lipinski definition) is 1. The van der Waals surface area contributed by atoms with Crippen molar-refractivity contribution >= 4 is 27.7 Å². The minimum absolute atomic E-state index is 0.170. The van der Waals surface area contributed by atoms with E-state index in [-0.39, 0.29) is 24.0 Å². The molecule has 0 aliphatic heterocycles. The second kappa shape index (κ2) is 10.2. The van der Waals surface area contributed by atoms with Crippen molar-refractivity contribution in [3.63, 3.8) is 0 Å². The quantitative estimate of drug-likeness (QED) is 0.635. The lowest BCUT2D eigenvalue weighted by Crippen LogP contribution is -2.43. The Bertz CT molecular complexity index is 892. The third-order valence-corrected chi connectivity index (χ3v) is 6.74. The number of aliphatic hydroxyl groups excluding tert-OH is 1. The SMILES string of the molecule is Cc1ccccc1/C=C/CN(C(CO)CC(C)C)S(=O)(=O)c1ccc(Cl)cc1. The summed E-state index contributed by atoms with van der Waals surface area (Å²) in [6.07, 6.45) is 4.32. The van der Waals surface area contributed by atoms with E-state index in [9.17, 15) is 13.5 Å². The molecular weight excluding hydrogens is 394 g/mol. The zero-order valence-corrected chi connectivity index (χ0v) is 18.1. The minimum atomic E-state index is -3.78. The number of benzene rings is 2. The van der Waals surface area contributed by atoms with E-state index < -0.39 is 16.1 Å². The number of aliphatic hydroxyl groups is 1. The molecule has 0 spiro atoms. The molecule has 1 unspecified atom stereocenters. The van der Waals surface area contributed by atoms with Crippen molar-refractivity contribution in [1.82, 2.24) is 4.31 Å². The van der Waals surface area contributed by atoms with Crippen LogP contribution in [0.15, 0.2) is 59.5 Å². The second-order valence-electron chi connectivity index (χ2n) is 7.25. The lowest BCUT2D eigenvalue weighted by molar-refractivity contribution is 0.175. The Hall–Kier alpha value is -1.66. The van der Waals surface area contributed by atoms with Gasteiger partial charge in [0, 0.05) is 17.6 Å². The van der Waals surface area contributed by atoms with Gasteiger partial charge < -0.3 is 5.11 Å². The van der Waals surface area contributed by atoms with Crippen LogP contribution in [0.5, 0.6) is 0 Å². The van der Waals surface area contributed by atoms with Crippen LogP contribution in [-0.2, 0) is 10.0 Å². The molecule has 2 aromatic rings. The number of nitrogens with zero attached hydrogens (tertiary/aromatic N) is 1. The van der Waals surface area contributed by atoms with E-state index in [0.717, 1.165) is 11.1 Å². The van der Waals surface area contributed by atoms with Gasteiger partial charge in [-0.25, -0.2) is 8.42 Å². The Balaban J connectivity index is 2.36. The standard InChI is InChI=1S/C22H28ClNO3S/c1-17(2)15-21(16-25)24(14-6-9-19-8-5-4-7-18(19)3)28(26,27)22-12-10-20(23)11-13-22/h4-13,17,21,25H,14-16H2,1-3H3/b9-6+. The maximum absolute atomic E-state index is 13.3. The average Bonchev–Trinajstić information content (AvgIpc) is 2.65. The fourth-order valence-corrected chi connectivity index (χ4v) is 4.77. The molecule has 0 bridgehead atoms. The van der Waals surface area contributed by atoms with Crippen molar-refractivity contribution in [3.8, 4) is 0 Å². The van der Waals surface area contributed by atoms with E-state index in [1.165, 1.54) is 16.4 Å². The molecule has 28 heavy (non-hydrogen) atoms. The second-order valence-corrected chi connectivity index (χ2v) is 9.58. The molecule has 4 nitrogen and oxygen atoms in total. The monoisotopic (exact) mass is 421 g/mol. The van der Waals surface area contributed by atoms with Crippen LogP contribution in [0.25, 0.3) is 6.08 Å². The first-order chi connectivity index (χ1) is 13.3. The van der Waals surface area contributed by atoms with Crippen LogP contribution in [0.4, 0.5) is 0 Å². The first-order valence-corrected chi connectivity index (χ1v) is 11.2. The van der Waals surface area contributed by atoms with Gasteiger partial charge in [0.25, 0.3) is 0 Å². The van der Waals surface area contributed by atoms with Gasteiger partial charge in [-0.1, -0.05) is 61.9 Å². The van der Waals surface area contributed by atoms with Gasteiger partial charge in [-0.05, 0) is 54.7 Å². The first kappa shape index (κ1) is 22.6. The van der Waals surface area contributed by atoms with Crippen LogP contribution in [0.2, 0.25) is 5.02 Å². The van der Waals surface area contributed by atoms with Gasteiger partial charge in [-0.15, -0.1) is 0 Å². The minimum Gasteiger partial charge on any atom is -0.395 e. The van der Waals surface area contributed by atoms with Crippen LogP contribution in [0, 0.1) is 12.8 Å². The van der Waals surface area contributed by atoms with Crippen LogP contribution in [-0.4, -0.2) is 37.0 Å². The summed E-state index contributed by atoms with van der Waals surface area (Å²) in [5, 5.41) is 10.4. The summed E-state index contributed by atoms with van der Waals surface area (Å²) in [6, 6.07) is 13.5. The zero-order valence-electron chi connectivity index (χ0n) is 16.5. The molecule has 1 atom stereocenters. The summed E-state index contributed by atoms with van der Waals surface area (Å²) < 4.78 is 27.9. The summed E-state index contributed by atoms with van der Waals surface area (Å²) in [7, 11) is -3.78. The highest BCUT2D eigenvalue weighted by atomic mass is 35.5. The summed E-state index contributed by atoms with van der Waals surface area (Å²) >= 11 is 5.91. The number of halogens is 1. The lowest BCUT2D eigenvalue weighted by atomic mass is 10.0. The molecule has 0 heterocycles. The Morgan fingerprint density at radius 2 is 1.75 bits per heavy atom. The number of sulfonamides is 1. The molecule has 0 aliphatic rings. The van der Waals surface area contributed by atoms with Crippen molar-refractivity contribution in [2.45, 2.75) is 38.1 Å². The topological polar surface area (TPSA) is 57.6 Å². The summed E-state index contributed by atoms with van der Waals surface area (Å²) in [4.78, 5) is 0.170. The van der Waals surface area contributed by atoms with Crippen molar-refractivity contribution in [2.75, 3.05) is 13.2 Å². The van der Waals surface area contributed by atoms with Gasteiger partial charge in [0.05, 0.1) is 11.5 Å². The van der Waals surface area contributed by atoms with Crippen LogP contribution >= 0.6 is 11.6 Å². The van der Waals surface area contributed by atoms with Crippen LogP contribution in [0.1, 0.15) is 31.4 Å². The highest BCUT2D eigenvalue weighted by Crippen LogP contribution is 2.23. The summed E-state index contributed by atoms with van der Waals surface area (Å²) in [6.45, 7) is 5.98. The van der Waals surface area contributed by atoms with Crippen molar-refractivity contribution in [2.24, 2.45) is 5.92 Å². The largest absolute Gasteiger partial charge is 0.395 e. The van der Waals surface area contributed by atoms with Crippen molar-refractivity contribution < 1.29 is 13.5 Å². The Morgan fingerprint density at radius 3 is 2.32 bits per heavy atom. The highest BCUT2D eigenvalue weighted by Gasteiger charge is 2.30. The van der Waals surface area contributed by atoms with Gasteiger partial charge in [-0.3, -0.25) is 0 Å². The first-order valence-electron chi connectivity index (χ1n) is 9.36. The smallest absolute Gasteiger partial charge is 0.243 e. The Labute approximate surface area is 173 Å². The molecule has 0 fully saturated rings. The molecule has 2 rings (SSSR count). The normalized spacial score (nSPS) is 13.5. The molecule has 1 N–H and O–H groups in total. The molecule has 0 aliphatic carbocycles. The van der Waals surface area contributed by atoms with Gasteiger partial charge >= 0.3 is 0 Å². The molecule has 0 aromatic heterocycles. The fourth-order valence-electron chi connectivity index (χ4n) is 3.07. The Kier molecular flexibility index (Phi) is 8.25. The van der Waals surface area contributed by atoms with Gasteiger partial charge in [-0.2, -0.15) is 4.31 Å². The predicted molar refractivity (Wildman–Crippen MR) is 116 cm³/mol. The van der Waals surface area contributed by atoms with E-state index >= 15 is 0 Å². The van der Waals surface area contributed by atoms with Gasteiger partial charge in [0.1, 0.15) is 0 Å². The van der Waals surface area contributed by atoms with Gasteiger partial charge in [0.2, 0.25) is 10.0 Å². The van der Waals surface area contributed by atoms with Crippen LogP contribution < -0.4 is 0 Å². The van der Waals surface area contributed by atoms with E-state index in [2.05, 4.69) is 0 Å². The number of aryl methyl sites for hydroxylation is 1. The lowest BCUT2D eigenvalue weighted by Gasteiger charge is -2.30. The number of hydrogen-bond acceptors (Lipinski definition) is 3. The molecule has 2 aromatic carbocycles. The third kappa shape index (κ3) is 5.92. The van der Waals surface area contributed by atoms with E-state index in [4.69, 9.17) is 11.6 Å². The van der Waals surface area contributed by atoms with E-state index in [1.54, 1.807) is 12.1 Å². The summed E-state index contributed by atoms with van der Waals surface area (Å²) in [5.74, 6) is 0.250.